The van der Waals surface area contributed by atoms with E-state index >= 15 is 0 Å². The summed E-state index contributed by atoms with van der Waals surface area (Å²) >= 11 is 0. The maximum absolute atomic E-state index is 10.1. The fourth-order valence-corrected chi connectivity index (χ4v) is 1.49. The number of carbonyl (C=O) groups excluding carboxylic acids is 1. The second-order valence-electron chi connectivity index (χ2n) is 3.39. The van der Waals surface area contributed by atoms with Crippen LogP contribution in [-0.2, 0) is 4.79 Å². The zero-order chi connectivity index (χ0) is 9.26. The van der Waals surface area contributed by atoms with E-state index in [2.05, 4.69) is 5.32 Å². The topological polar surface area (TPSA) is 55.1 Å². The van der Waals surface area contributed by atoms with Crippen LogP contribution >= 0.6 is 0 Å². The normalized spacial score (nSPS) is 25.3. The molecule has 1 aromatic carbocycles. The van der Waals surface area contributed by atoms with Crippen molar-refractivity contribution in [3.05, 3.63) is 29.8 Å². The van der Waals surface area contributed by atoms with E-state index in [0.717, 1.165) is 12.1 Å². The Hall–Kier alpha value is -1.35. The van der Waals surface area contributed by atoms with E-state index < -0.39 is 0 Å². The van der Waals surface area contributed by atoms with E-state index in [9.17, 15) is 4.79 Å². The molecule has 0 spiro atoms. The summed E-state index contributed by atoms with van der Waals surface area (Å²) in [4.78, 5) is 10.1. The average Bonchev–Trinajstić information content (AvgIpc) is 2.85. The van der Waals surface area contributed by atoms with E-state index in [4.69, 9.17) is 5.73 Å². The van der Waals surface area contributed by atoms with Crippen molar-refractivity contribution in [2.75, 3.05) is 5.32 Å². The van der Waals surface area contributed by atoms with Crippen LogP contribution < -0.4 is 11.1 Å². The third kappa shape index (κ3) is 1.70. The fraction of sp³-hybridized carbons (Fsp3) is 0.300. The Morgan fingerprint density at radius 1 is 1.38 bits per heavy atom. The van der Waals surface area contributed by atoms with Crippen molar-refractivity contribution in [2.24, 2.45) is 5.73 Å². The van der Waals surface area contributed by atoms with Gasteiger partial charge in [0.15, 0.2) is 0 Å². The van der Waals surface area contributed by atoms with Crippen LogP contribution in [0.2, 0.25) is 0 Å². The third-order valence-electron chi connectivity index (χ3n) is 2.40. The zero-order valence-corrected chi connectivity index (χ0v) is 7.23. The molecule has 0 bridgehead atoms. The van der Waals surface area contributed by atoms with Crippen LogP contribution in [0, 0.1) is 0 Å². The van der Waals surface area contributed by atoms with Crippen LogP contribution in [0.3, 0.4) is 0 Å². The molecule has 2 unspecified atom stereocenters. The minimum atomic E-state index is 0.338. The number of amides is 1. The van der Waals surface area contributed by atoms with Crippen molar-refractivity contribution in [2.45, 2.75) is 18.4 Å². The molecule has 1 aliphatic carbocycles. The Bertz CT molecular complexity index is 307. The molecule has 2 rings (SSSR count). The summed E-state index contributed by atoms with van der Waals surface area (Å²) in [6, 6.07) is 8.17. The van der Waals surface area contributed by atoms with Crippen molar-refractivity contribution >= 4 is 12.1 Å². The van der Waals surface area contributed by atoms with Crippen molar-refractivity contribution < 1.29 is 4.79 Å². The van der Waals surface area contributed by atoms with Gasteiger partial charge in [-0.3, -0.25) is 4.79 Å². The Morgan fingerprint density at radius 2 is 2.00 bits per heavy atom. The van der Waals surface area contributed by atoms with Gasteiger partial charge in [0.25, 0.3) is 0 Å². The maximum atomic E-state index is 10.1. The molecule has 0 radical (unpaired) electrons. The summed E-state index contributed by atoms with van der Waals surface area (Å²) in [5.74, 6) is 0.533. The van der Waals surface area contributed by atoms with Crippen molar-refractivity contribution in [1.82, 2.24) is 0 Å². The highest BCUT2D eigenvalue weighted by Crippen LogP contribution is 2.39. The van der Waals surface area contributed by atoms with Gasteiger partial charge in [0.2, 0.25) is 6.41 Å². The standard InChI is InChI=1S/C10H12N2O/c11-10-5-9(10)7-1-3-8(4-2-7)12-6-13/h1-4,6,9-10H,5,11H2,(H,12,13). The van der Waals surface area contributed by atoms with Crippen molar-refractivity contribution in [1.29, 1.82) is 0 Å². The molecule has 3 heteroatoms. The predicted octanol–water partition coefficient (Wildman–Crippen LogP) is 1.07. The molecular weight excluding hydrogens is 164 g/mol. The van der Waals surface area contributed by atoms with Crippen LogP contribution in [0.25, 0.3) is 0 Å². The molecule has 13 heavy (non-hydrogen) atoms. The molecule has 0 saturated heterocycles. The molecule has 0 aliphatic heterocycles. The summed E-state index contributed by atoms with van der Waals surface area (Å²) in [5.41, 5.74) is 7.82. The lowest BCUT2D eigenvalue weighted by molar-refractivity contribution is -0.105. The first kappa shape index (κ1) is 8.26. The summed E-state index contributed by atoms with van der Waals surface area (Å²) in [5, 5.41) is 2.59. The first-order valence-electron chi connectivity index (χ1n) is 4.37. The number of rotatable bonds is 3. The highest BCUT2D eigenvalue weighted by Gasteiger charge is 2.34. The Balaban J connectivity index is 2.09. The number of benzene rings is 1. The van der Waals surface area contributed by atoms with Gasteiger partial charge in [0.1, 0.15) is 0 Å². The lowest BCUT2D eigenvalue weighted by Crippen LogP contribution is -2.01. The predicted molar refractivity (Wildman–Crippen MR) is 51.5 cm³/mol. The van der Waals surface area contributed by atoms with Crippen molar-refractivity contribution in [3.63, 3.8) is 0 Å². The third-order valence-corrected chi connectivity index (χ3v) is 2.40. The Kier molecular flexibility index (Phi) is 2.02. The van der Waals surface area contributed by atoms with Gasteiger partial charge >= 0.3 is 0 Å². The molecule has 68 valence electrons. The van der Waals surface area contributed by atoms with Gasteiger partial charge < -0.3 is 11.1 Å². The molecule has 1 saturated carbocycles. The molecule has 1 aliphatic rings. The zero-order valence-electron chi connectivity index (χ0n) is 7.23. The Morgan fingerprint density at radius 3 is 2.46 bits per heavy atom. The molecule has 1 aromatic rings. The van der Waals surface area contributed by atoms with Gasteiger partial charge in [-0.15, -0.1) is 0 Å². The summed E-state index contributed by atoms with van der Waals surface area (Å²) in [6.07, 6.45) is 1.76. The number of nitrogens with two attached hydrogens (primary N) is 1. The van der Waals surface area contributed by atoms with Crippen LogP contribution in [0.1, 0.15) is 17.9 Å². The van der Waals surface area contributed by atoms with Gasteiger partial charge in [-0.05, 0) is 24.1 Å². The highest BCUT2D eigenvalue weighted by molar-refractivity contribution is 5.71. The molecule has 3 N–H and O–H groups in total. The average molecular weight is 176 g/mol. The van der Waals surface area contributed by atoms with Crippen LogP contribution in [0.4, 0.5) is 5.69 Å². The minimum Gasteiger partial charge on any atom is -0.329 e. The molecule has 0 aromatic heterocycles. The molecule has 0 heterocycles. The molecular formula is C10H12N2O. The number of nitrogens with one attached hydrogen (secondary N) is 1. The summed E-state index contributed by atoms with van der Waals surface area (Å²) in [7, 11) is 0. The van der Waals surface area contributed by atoms with E-state index in [0.29, 0.717) is 18.4 Å². The fourth-order valence-electron chi connectivity index (χ4n) is 1.49. The monoisotopic (exact) mass is 176 g/mol. The number of anilines is 1. The molecule has 2 atom stereocenters. The lowest BCUT2D eigenvalue weighted by atomic mass is 10.1. The first-order chi connectivity index (χ1) is 6.31. The van der Waals surface area contributed by atoms with E-state index in [1.807, 2.05) is 24.3 Å². The number of hydrogen-bond acceptors (Lipinski definition) is 2. The maximum Gasteiger partial charge on any atom is 0.211 e. The summed E-state index contributed by atoms with van der Waals surface area (Å²) < 4.78 is 0. The SMILES string of the molecule is NC1CC1c1ccc(NC=O)cc1. The van der Waals surface area contributed by atoms with Gasteiger partial charge in [-0.1, -0.05) is 12.1 Å². The highest BCUT2D eigenvalue weighted by atomic mass is 16.1. The number of hydrogen-bond donors (Lipinski definition) is 2. The summed E-state index contributed by atoms with van der Waals surface area (Å²) in [6.45, 7) is 0. The van der Waals surface area contributed by atoms with E-state index in [-0.39, 0.29) is 0 Å². The lowest BCUT2D eigenvalue weighted by Gasteiger charge is -2.00. The van der Waals surface area contributed by atoms with Gasteiger partial charge in [0, 0.05) is 17.6 Å². The largest absolute Gasteiger partial charge is 0.329 e. The second-order valence-corrected chi connectivity index (χ2v) is 3.39. The number of carbonyl (C=O) groups is 1. The van der Waals surface area contributed by atoms with Gasteiger partial charge in [-0.2, -0.15) is 0 Å². The molecule has 1 fully saturated rings. The molecule has 3 nitrogen and oxygen atoms in total. The van der Waals surface area contributed by atoms with Crippen LogP contribution in [0.5, 0.6) is 0 Å². The Labute approximate surface area is 76.9 Å². The van der Waals surface area contributed by atoms with Crippen LogP contribution in [-0.4, -0.2) is 12.5 Å². The first-order valence-corrected chi connectivity index (χ1v) is 4.37. The van der Waals surface area contributed by atoms with E-state index in [1.54, 1.807) is 0 Å². The minimum absolute atomic E-state index is 0.338. The van der Waals surface area contributed by atoms with Gasteiger partial charge in [-0.25, -0.2) is 0 Å². The van der Waals surface area contributed by atoms with E-state index in [1.165, 1.54) is 5.56 Å². The van der Waals surface area contributed by atoms with Crippen LogP contribution in [0.15, 0.2) is 24.3 Å². The van der Waals surface area contributed by atoms with Gasteiger partial charge in [0.05, 0.1) is 0 Å². The quantitative estimate of drug-likeness (QED) is 0.677. The smallest absolute Gasteiger partial charge is 0.211 e. The second kappa shape index (κ2) is 3.18. The molecule has 1 amide bonds. The van der Waals surface area contributed by atoms with Crippen molar-refractivity contribution in [3.8, 4) is 0 Å².